The number of H-pyrrole nitrogens is 1. The molecular weight excluding hydrogens is 256 g/mol. The van der Waals surface area contributed by atoms with Gasteiger partial charge in [-0.25, -0.2) is 0 Å². The van der Waals surface area contributed by atoms with E-state index in [0.717, 1.165) is 23.7 Å². The predicted octanol–water partition coefficient (Wildman–Crippen LogP) is 0.961. The van der Waals surface area contributed by atoms with Crippen LogP contribution < -0.4 is 10.6 Å². The minimum absolute atomic E-state index is 0.115. The number of benzene rings is 1. The van der Waals surface area contributed by atoms with E-state index >= 15 is 0 Å². The maximum atomic E-state index is 12.3. The molecule has 3 rings (SSSR count). The number of carbonyl (C=O) groups excluding carboxylic acids is 2. The summed E-state index contributed by atoms with van der Waals surface area (Å²) >= 11 is 0. The fourth-order valence-corrected chi connectivity index (χ4v) is 2.44. The molecular formula is C14H16N4O2. The van der Waals surface area contributed by atoms with Crippen LogP contribution in [0.1, 0.15) is 29.8 Å². The molecule has 1 aliphatic heterocycles. The maximum Gasteiger partial charge on any atom is 0.273 e. The van der Waals surface area contributed by atoms with Gasteiger partial charge >= 0.3 is 0 Å². The zero-order chi connectivity index (χ0) is 13.9. The first-order chi connectivity index (χ1) is 9.75. The molecule has 0 saturated carbocycles. The summed E-state index contributed by atoms with van der Waals surface area (Å²) in [5.41, 5.74) is 1.14. The molecule has 104 valence electrons. The number of aromatic amines is 1. The van der Waals surface area contributed by atoms with Crippen LogP contribution >= 0.6 is 0 Å². The summed E-state index contributed by atoms with van der Waals surface area (Å²) in [6.45, 7) is 0.677. The van der Waals surface area contributed by atoms with Crippen molar-refractivity contribution in [1.29, 1.82) is 0 Å². The third-order valence-corrected chi connectivity index (χ3v) is 3.53. The Morgan fingerprint density at radius 3 is 3.05 bits per heavy atom. The Hall–Kier alpha value is -2.37. The van der Waals surface area contributed by atoms with Gasteiger partial charge in [-0.15, -0.1) is 0 Å². The van der Waals surface area contributed by atoms with Gasteiger partial charge in [0, 0.05) is 11.9 Å². The molecule has 1 atom stereocenters. The maximum absolute atomic E-state index is 12.3. The van der Waals surface area contributed by atoms with Crippen molar-refractivity contribution >= 4 is 22.7 Å². The van der Waals surface area contributed by atoms with Crippen molar-refractivity contribution in [3.8, 4) is 0 Å². The number of nitrogens with zero attached hydrogens (tertiary/aromatic N) is 1. The first-order valence-corrected chi connectivity index (χ1v) is 6.77. The number of fused-ring (bicyclic) bond motifs is 1. The molecule has 0 spiro atoms. The molecule has 0 bridgehead atoms. The molecule has 2 aromatic rings. The molecule has 0 aliphatic carbocycles. The van der Waals surface area contributed by atoms with Gasteiger partial charge in [0.15, 0.2) is 5.69 Å². The molecule has 1 fully saturated rings. The predicted molar refractivity (Wildman–Crippen MR) is 74.2 cm³/mol. The van der Waals surface area contributed by atoms with Gasteiger partial charge in [-0.2, -0.15) is 5.10 Å². The number of amides is 2. The van der Waals surface area contributed by atoms with Crippen LogP contribution in [0.3, 0.4) is 0 Å². The topological polar surface area (TPSA) is 86.9 Å². The summed E-state index contributed by atoms with van der Waals surface area (Å²) in [5.74, 6) is -0.430. The second-order valence-corrected chi connectivity index (χ2v) is 4.93. The van der Waals surface area contributed by atoms with Gasteiger partial charge in [0.05, 0.1) is 5.52 Å². The van der Waals surface area contributed by atoms with Gasteiger partial charge in [-0.3, -0.25) is 14.7 Å². The van der Waals surface area contributed by atoms with E-state index in [1.807, 2.05) is 24.3 Å². The van der Waals surface area contributed by atoms with Crippen molar-refractivity contribution < 1.29 is 9.59 Å². The first-order valence-electron chi connectivity index (χ1n) is 6.77. The summed E-state index contributed by atoms with van der Waals surface area (Å²) < 4.78 is 0. The molecule has 2 amide bonds. The fraction of sp³-hybridized carbons (Fsp3) is 0.357. The van der Waals surface area contributed by atoms with E-state index in [9.17, 15) is 9.59 Å². The van der Waals surface area contributed by atoms with Crippen LogP contribution in [0.4, 0.5) is 0 Å². The number of para-hydroxylation sites is 1. The Morgan fingerprint density at radius 1 is 1.30 bits per heavy atom. The highest BCUT2D eigenvalue weighted by atomic mass is 16.2. The van der Waals surface area contributed by atoms with Crippen molar-refractivity contribution in [1.82, 2.24) is 20.8 Å². The minimum Gasteiger partial charge on any atom is -0.354 e. The molecule has 20 heavy (non-hydrogen) atoms. The van der Waals surface area contributed by atoms with Crippen molar-refractivity contribution in [2.45, 2.75) is 25.3 Å². The SMILES string of the molecule is O=C(N[C@@H]1CCCCNC1=O)c1n[nH]c2ccccc12. The summed E-state index contributed by atoms with van der Waals surface area (Å²) in [6.07, 6.45) is 2.54. The number of nitrogens with one attached hydrogen (secondary N) is 3. The second kappa shape index (κ2) is 5.32. The van der Waals surface area contributed by atoms with E-state index in [1.165, 1.54) is 0 Å². The number of rotatable bonds is 2. The Bertz CT molecular complexity index is 649. The third kappa shape index (κ3) is 2.36. The Morgan fingerprint density at radius 2 is 2.15 bits per heavy atom. The van der Waals surface area contributed by atoms with Crippen LogP contribution in [0, 0.1) is 0 Å². The lowest BCUT2D eigenvalue weighted by Crippen LogP contribution is -2.45. The number of hydrogen-bond donors (Lipinski definition) is 3. The number of carbonyl (C=O) groups is 2. The first kappa shape index (κ1) is 12.7. The highest BCUT2D eigenvalue weighted by molar-refractivity contribution is 6.05. The highest BCUT2D eigenvalue weighted by Crippen LogP contribution is 2.15. The fourth-order valence-electron chi connectivity index (χ4n) is 2.44. The van der Waals surface area contributed by atoms with Gasteiger partial charge in [0.2, 0.25) is 5.91 Å². The van der Waals surface area contributed by atoms with Gasteiger partial charge < -0.3 is 10.6 Å². The lowest BCUT2D eigenvalue weighted by molar-refractivity contribution is -0.122. The summed E-state index contributed by atoms with van der Waals surface area (Å²) in [4.78, 5) is 24.1. The molecule has 1 aromatic carbocycles. The molecule has 1 aliphatic rings. The normalized spacial score (nSPS) is 19.4. The average Bonchev–Trinajstić information content (AvgIpc) is 2.79. The van der Waals surface area contributed by atoms with E-state index in [-0.39, 0.29) is 11.8 Å². The lowest BCUT2D eigenvalue weighted by Gasteiger charge is -2.14. The van der Waals surface area contributed by atoms with Crippen LogP contribution in [0.5, 0.6) is 0 Å². The second-order valence-electron chi connectivity index (χ2n) is 4.93. The van der Waals surface area contributed by atoms with E-state index in [4.69, 9.17) is 0 Å². The molecule has 3 N–H and O–H groups in total. The van der Waals surface area contributed by atoms with Crippen LogP contribution in [-0.2, 0) is 4.79 Å². The smallest absolute Gasteiger partial charge is 0.273 e. The Labute approximate surface area is 115 Å². The molecule has 0 unspecified atom stereocenters. The lowest BCUT2D eigenvalue weighted by atomic mass is 10.1. The summed E-state index contributed by atoms with van der Waals surface area (Å²) in [6, 6.07) is 6.95. The standard InChI is InChI=1S/C14H16N4O2/c19-13-11(7-3-4-8-15-13)16-14(20)12-9-5-1-2-6-10(9)17-18-12/h1-2,5-6,11H,3-4,7-8H2,(H,15,19)(H,16,20)(H,17,18)/t11-/m1/s1. The monoisotopic (exact) mass is 272 g/mol. The number of aromatic nitrogens is 2. The van der Waals surface area contributed by atoms with Gasteiger partial charge in [0.1, 0.15) is 6.04 Å². The van der Waals surface area contributed by atoms with Crippen LogP contribution in [0.15, 0.2) is 24.3 Å². The molecule has 1 saturated heterocycles. The third-order valence-electron chi connectivity index (χ3n) is 3.53. The summed E-state index contributed by atoms with van der Waals surface area (Å²) in [7, 11) is 0. The van der Waals surface area contributed by atoms with E-state index in [0.29, 0.717) is 18.7 Å². The van der Waals surface area contributed by atoms with E-state index < -0.39 is 6.04 Å². The molecule has 6 nitrogen and oxygen atoms in total. The molecule has 1 aromatic heterocycles. The van der Waals surface area contributed by atoms with Crippen molar-refractivity contribution in [3.63, 3.8) is 0 Å². The van der Waals surface area contributed by atoms with Gasteiger partial charge in [-0.05, 0) is 25.3 Å². The highest BCUT2D eigenvalue weighted by Gasteiger charge is 2.24. The molecule has 6 heteroatoms. The zero-order valence-corrected chi connectivity index (χ0v) is 11.0. The number of hydrogen-bond acceptors (Lipinski definition) is 3. The van der Waals surface area contributed by atoms with Crippen molar-refractivity contribution in [3.05, 3.63) is 30.0 Å². The van der Waals surface area contributed by atoms with Crippen LogP contribution in [0.2, 0.25) is 0 Å². The van der Waals surface area contributed by atoms with Crippen molar-refractivity contribution in [2.75, 3.05) is 6.54 Å². The van der Waals surface area contributed by atoms with E-state index in [2.05, 4.69) is 20.8 Å². The largest absolute Gasteiger partial charge is 0.354 e. The quantitative estimate of drug-likeness (QED) is 0.761. The van der Waals surface area contributed by atoms with Gasteiger partial charge in [0.25, 0.3) is 5.91 Å². The average molecular weight is 272 g/mol. The molecule has 2 heterocycles. The summed E-state index contributed by atoms with van der Waals surface area (Å²) in [5, 5.41) is 13.2. The van der Waals surface area contributed by atoms with Crippen molar-refractivity contribution in [2.24, 2.45) is 0 Å². The molecule has 0 radical (unpaired) electrons. The minimum atomic E-state index is -0.472. The zero-order valence-electron chi connectivity index (χ0n) is 11.0. The van der Waals surface area contributed by atoms with Gasteiger partial charge in [-0.1, -0.05) is 18.2 Å². The van der Waals surface area contributed by atoms with Crippen LogP contribution in [-0.4, -0.2) is 34.6 Å². The van der Waals surface area contributed by atoms with E-state index in [1.54, 1.807) is 0 Å². The Balaban J connectivity index is 1.80. The van der Waals surface area contributed by atoms with Crippen LogP contribution in [0.25, 0.3) is 10.9 Å². The Kier molecular flexibility index (Phi) is 3.37.